The van der Waals surface area contributed by atoms with Crippen LogP contribution in [0.1, 0.15) is 33.1 Å². The van der Waals surface area contributed by atoms with E-state index in [0.29, 0.717) is 28.1 Å². The zero-order valence-corrected chi connectivity index (χ0v) is 21.8. The lowest BCUT2D eigenvalue weighted by molar-refractivity contribution is -0.142. The molecule has 3 aromatic heterocycles. The van der Waals surface area contributed by atoms with E-state index in [1.165, 1.54) is 7.11 Å². The van der Waals surface area contributed by atoms with E-state index in [1.807, 2.05) is 30.7 Å². The Labute approximate surface area is 226 Å². The molecule has 200 valence electrons. The first-order valence-corrected chi connectivity index (χ1v) is 12.1. The van der Waals surface area contributed by atoms with Gasteiger partial charge in [-0.2, -0.15) is 23.4 Å². The zero-order chi connectivity index (χ0) is 27.9. The third-order valence-electron chi connectivity index (χ3n) is 6.02. The fraction of sp³-hybridized carbons (Fsp3) is 0.185. The number of rotatable bonds is 6. The number of fused-ring (bicyclic) bond motifs is 1. The summed E-state index contributed by atoms with van der Waals surface area (Å²) in [6.07, 6.45) is -4.80. The minimum atomic E-state index is -4.80. The highest BCUT2D eigenvalue weighted by Crippen LogP contribution is 2.35. The average Bonchev–Trinajstić information content (AvgIpc) is 3.40. The van der Waals surface area contributed by atoms with E-state index in [0.717, 1.165) is 23.0 Å². The normalized spacial score (nSPS) is 11.7. The van der Waals surface area contributed by atoms with Gasteiger partial charge < -0.3 is 10.1 Å². The predicted octanol–water partition coefficient (Wildman–Crippen LogP) is 6.19. The lowest BCUT2D eigenvalue weighted by atomic mass is 10.1. The molecule has 0 radical (unpaired) electrons. The highest BCUT2D eigenvalue weighted by molar-refractivity contribution is 6.37. The highest BCUT2D eigenvalue weighted by Gasteiger charge is 2.36. The molecule has 0 aliphatic carbocycles. The monoisotopic (exact) mass is 554 g/mol. The molecule has 0 bridgehead atoms. The van der Waals surface area contributed by atoms with Gasteiger partial charge in [0, 0.05) is 16.9 Å². The first kappa shape index (κ1) is 26.2. The lowest BCUT2D eigenvalue weighted by Gasteiger charge is -2.11. The van der Waals surface area contributed by atoms with Crippen LogP contribution in [0.15, 0.2) is 60.7 Å². The van der Waals surface area contributed by atoms with E-state index in [9.17, 15) is 18.0 Å². The molecule has 5 aromatic rings. The van der Waals surface area contributed by atoms with Crippen LogP contribution in [0.3, 0.4) is 0 Å². The summed E-state index contributed by atoms with van der Waals surface area (Å²) in [5.41, 5.74) is 1.73. The molecule has 0 unspecified atom stereocenters. The summed E-state index contributed by atoms with van der Waals surface area (Å²) in [7, 11) is 1.45. The smallest absolute Gasteiger partial charge is 0.433 e. The van der Waals surface area contributed by atoms with Crippen molar-refractivity contribution in [3.05, 3.63) is 94.0 Å². The van der Waals surface area contributed by atoms with Crippen LogP contribution in [-0.2, 0) is 12.7 Å². The molecule has 2 aromatic carbocycles. The second-order valence-corrected chi connectivity index (χ2v) is 9.27. The molecular weight excluding hydrogens is 533 g/mol. The summed E-state index contributed by atoms with van der Waals surface area (Å²) in [6.45, 7) is 4.32. The molecular formula is C27H22ClF3N6O2. The van der Waals surface area contributed by atoms with Crippen LogP contribution >= 0.6 is 11.6 Å². The van der Waals surface area contributed by atoms with Gasteiger partial charge in [0.1, 0.15) is 10.8 Å². The van der Waals surface area contributed by atoms with Gasteiger partial charge in [0.25, 0.3) is 5.91 Å². The number of nitrogens with zero attached hydrogens (tertiary/aromatic N) is 5. The molecule has 0 aliphatic heterocycles. The number of carbonyl (C=O) groups excluding carboxylic acids is 1. The van der Waals surface area contributed by atoms with Gasteiger partial charge >= 0.3 is 6.18 Å². The first-order valence-electron chi connectivity index (χ1n) is 11.8. The van der Waals surface area contributed by atoms with Crippen LogP contribution in [0.4, 0.5) is 18.9 Å². The fourth-order valence-electron chi connectivity index (χ4n) is 4.21. The summed E-state index contributed by atoms with van der Waals surface area (Å²) >= 11 is 6.41. The molecule has 0 aliphatic rings. The molecule has 3 heterocycles. The fourth-order valence-corrected chi connectivity index (χ4v) is 4.46. The molecule has 39 heavy (non-hydrogen) atoms. The Morgan fingerprint density at radius 1 is 1.05 bits per heavy atom. The maximum absolute atomic E-state index is 14.0. The third-order valence-corrected chi connectivity index (χ3v) is 6.37. The topological polar surface area (TPSA) is 86.3 Å². The number of aryl methyl sites for hydroxylation is 2. The number of hydrogen-bond acceptors (Lipinski definition) is 5. The van der Waals surface area contributed by atoms with Crippen molar-refractivity contribution >= 4 is 28.8 Å². The van der Waals surface area contributed by atoms with Crippen molar-refractivity contribution in [1.82, 2.24) is 24.4 Å². The van der Waals surface area contributed by atoms with Gasteiger partial charge in [-0.1, -0.05) is 35.9 Å². The van der Waals surface area contributed by atoms with Crippen molar-refractivity contribution in [1.29, 1.82) is 0 Å². The number of aromatic nitrogens is 5. The van der Waals surface area contributed by atoms with Crippen LogP contribution in [-0.4, -0.2) is 37.4 Å². The van der Waals surface area contributed by atoms with Crippen LogP contribution < -0.4 is 10.1 Å². The second kappa shape index (κ2) is 10.1. The molecule has 1 N–H and O–H groups in total. The molecule has 0 saturated heterocycles. The number of anilines is 1. The number of methoxy groups -OCH3 is 1. The van der Waals surface area contributed by atoms with Gasteiger partial charge in [-0.15, -0.1) is 0 Å². The van der Waals surface area contributed by atoms with Gasteiger partial charge in [0.05, 0.1) is 25.0 Å². The molecule has 0 spiro atoms. The van der Waals surface area contributed by atoms with Crippen molar-refractivity contribution < 1.29 is 22.7 Å². The third kappa shape index (κ3) is 5.30. The van der Waals surface area contributed by atoms with Crippen molar-refractivity contribution in [3.8, 4) is 17.0 Å². The summed E-state index contributed by atoms with van der Waals surface area (Å²) < 4.78 is 49.7. The van der Waals surface area contributed by atoms with Crippen molar-refractivity contribution in [3.63, 3.8) is 0 Å². The van der Waals surface area contributed by atoms with E-state index < -0.39 is 17.8 Å². The van der Waals surface area contributed by atoms with Crippen molar-refractivity contribution in [2.24, 2.45) is 0 Å². The van der Waals surface area contributed by atoms with E-state index >= 15 is 0 Å². The summed E-state index contributed by atoms with van der Waals surface area (Å²) in [6, 6.07) is 16.3. The van der Waals surface area contributed by atoms with Gasteiger partial charge in [-0.05, 0) is 55.8 Å². The van der Waals surface area contributed by atoms with Crippen LogP contribution in [0.2, 0.25) is 5.02 Å². The Bertz CT molecular complexity index is 1710. The van der Waals surface area contributed by atoms with Gasteiger partial charge in [-0.25, -0.2) is 9.50 Å². The Morgan fingerprint density at radius 2 is 1.82 bits per heavy atom. The van der Waals surface area contributed by atoms with Gasteiger partial charge in [0.15, 0.2) is 17.0 Å². The maximum Gasteiger partial charge on any atom is 0.433 e. The van der Waals surface area contributed by atoms with Crippen LogP contribution in [0, 0.1) is 13.8 Å². The van der Waals surface area contributed by atoms with E-state index in [1.54, 1.807) is 42.5 Å². The first-order chi connectivity index (χ1) is 18.5. The van der Waals surface area contributed by atoms with Gasteiger partial charge in [0.2, 0.25) is 0 Å². The minimum Gasteiger partial charge on any atom is -0.497 e. The molecule has 5 rings (SSSR count). The van der Waals surface area contributed by atoms with E-state index in [2.05, 4.69) is 20.5 Å². The highest BCUT2D eigenvalue weighted by atomic mass is 35.5. The Hall–Kier alpha value is -4.38. The number of amides is 1. The molecule has 0 fully saturated rings. The Balaban J connectivity index is 1.50. The minimum absolute atomic E-state index is 0.000615. The summed E-state index contributed by atoms with van der Waals surface area (Å²) in [4.78, 5) is 17.4. The number of halogens is 4. The summed E-state index contributed by atoms with van der Waals surface area (Å²) in [5, 5.41) is 10.7. The standard InChI is InChI=1S/C27H22ClF3N6O2/c1-15-10-16(2)36(34-15)14-17-6-4-8-19(11-17)32-26(38)24-23(28)25-33-21(18-7-5-9-20(12-18)39-3)13-22(27(29,30)31)37(25)35-24/h4-13H,14H2,1-3H3,(H,32,38). The van der Waals surface area contributed by atoms with Gasteiger partial charge in [-0.3, -0.25) is 9.48 Å². The largest absolute Gasteiger partial charge is 0.497 e. The zero-order valence-electron chi connectivity index (χ0n) is 21.0. The van der Waals surface area contributed by atoms with Crippen molar-refractivity contribution in [2.75, 3.05) is 12.4 Å². The number of carbonyl (C=O) groups is 1. The molecule has 1 amide bonds. The predicted molar refractivity (Wildman–Crippen MR) is 140 cm³/mol. The van der Waals surface area contributed by atoms with Crippen LogP contribution in [0.5, 0.6) is 5.75 Å². The Morgan fingerprint density at radius 3 is 2.51 bits per heavy atom. The lowest BCUT2D eigenvalue weighted by Crippen LogP contribution is -2.16. The summed E-state index contributed by atoms with van der Waals surface area (Å²) in [5.74, 6) is -0.327. The van der Waals surface area contributed by atoms with E-state index in [4.69, 9.17) is 16.3 Å². The maximum atomic E-state index is 14.0. The molecule has 8 nitrogen and oxygen atoms in total. The molecule has 0 saturated carbocycles. The number of alkyl halides is 3. The van der Waals surface area contributed by atoms with Crippen molar-refractivity contribution in [2.45, 2.75) is 26.6 Å². The molecule has 12 heteroatoms. The number of benzene rings is 2. The SMILES string of the molecule is COc1cccc(-c2cc(C(F)(F)F)n3nc(C(=O)Nc4cccc(Cn5nc(C)cc5C)c4)c(Cl)c3n2)c1. The van der Waals surface area contributed by atoms with E-state index in [-0.39, 0.29) is 22.1 Å². The molecule has 0 atom stereocenters. The average molecular weight is 555 g/mol. The number of ether oxygens (including phenoxy) is 1. The number of hydrogen-bond donors (Lipinski definition) is 1. The quantitative estimate of drug-likeness (QED) is 0.270. The Kier molecular flexibility index (Phi) is 6.77. The number of nitrogens with one attached hydrogen (secondary N) is 1. The van der Waals surface area contributed by atoms with Crippen LogP contribution in [0.25, 0.3) is 16.9 Å². The second-order valence-electron chi connectivity index (χ2n) is 8.89.